The summed E-state index contributed by atoms with van der Waals surface area (Å²) < 4.78 is 17.7. The van der Waals surface area contributed by atoms with Crippen LogP contribution in [0.1, 0.15) is 202 Å². The Balaban J connectivity index is 1.16. The fourth-order valence-corrected chi connectivity index (χ4v) is 11.9. The van der Waals surface area contributed by atoms with Gasteiger partial charge in [0.25, 0.3) is 0 Å². The van der Waals surface area contributed by atoms with Gasteiger partial charge >= 0.3 is 6.16 Å². The quantitative estimate of drug-likeness (QED) is 0.0546. The van der Waals surface area contributed by atoms with E-state index in [0.717, 1.165) is 54.8 Å². The maximum atomic E-state index is 11.3. The second-order valence-electron chi connectivity index (χ2n) is 19.2. The maximum absolute atomic E-state index is 11.3. The molecule has 0 amide bonds. The molecule has 0 aliphatic heterocycles. The molecule has 5 unspecified atom stereocenters. The molecule has 0 saturated heterocycles. The Morgan fingerprint density at radius 1 is 0.788 bits per heavy atom. The Morgan fingerprint density at radius 3 is 2.08 bits per heavy atom. The first-order valence-corrected chi connectivity index (χ1v) is 22.9. The summed E-state index contributed by atoms with van der Waals surface area (Å²) in [5.74, 6) is 5.07. The highest BCUT2D eigenvalue weighted by atomic mass is 16.7. The number of hydrogen-bond donors (Lipinski definition) is 1. The highest BCUT2D eigenvalue weighted by Gasteiger charge is 2.59. The molecule has 5 heteroatoms. The Hall–Kier alpha value is -1.07. The fraction of sp³-hybridized carbons (Fsp3) is 0.936. The Labute approximate surface area is 321 Å². The van der Waals surface area contributed by atoms with E-state index in [1.54, 1.807) is 5.57 Å². The van der Waals surface area contributed by atoms with Crippen LogP contribution in [0.5, 0.6) is 0 Å². The van der Waals surface area contributed by atoms with E-state index in [-0.39, 0.29) is 24.2 Å². The monoisotopic (exact) mass is 729 g/mol. The maximum Gasteiger partial charge on any atom is 0.505 e. The van der Waals surface area contributed by atoms with Crippen LogP contribution in [-0.4, -0.2) is 43.3 Å². The highest BCUT2D eigenvalue weighted by molar-refractivity contribution is 5.56. The summed E-state index contributed by atoms with van der Waals surface area (Å²) in [6, 6.07) is 0. The summed E-state index contributed by atoms with van der Waals surface area (Å²) in [5.41, 5.74) is 2.42. The molecule has 0 bridgehead atoms. The standard InChI is InChI=1S/C47H84O5/c1-7-8-9-10-11-12-13-14-15-16-17-18-19-20-32-50-34-40(35-51-45(48)49)52-39-28-30-46(5)38(33-39)24-25-41-43-27-26-42(37(4)23-21-22-36(2)3)47(43,6)31-29-44(41)46/h24,36-37,39-44H,7-23,25-35H2,1-6H3,(H,48,49)/t37-,39?,40?,41?,42-,43?,44?,46+,47-/m1/s1. The van der Waals surface area contributed by atoms with E-state index in [2.05, 4.69) is 47.6 Å². The number of carboxylic acid groups (broad SMARTS) is 1. The van der Waals surface area contributed by atoms with Gasteiger partial charge in [-0.15, -0.1) is 0 Å². The van der Waals surface area contributed by atoms with E-state index in [9.17, 15) is 9.90 Å². The molecule has 5 nitrogen and oxygen atoms in total. The van der Waals surface area contributed by atoms with Crippen LogP contribution in [0.2, 0.25) is 0 Å². The minimum atomic E-state index is -1.23. The molecule has 4 rings (SSSR count). The van der Waals surface area contributed by atoms with Gasteiger partial charge in [-0.05, 0) is 104 Å². The zero-order valence-corrected chi connectivity index (χ0v) is 35.1. The van der Waals surface area contributed by atoms with Gasteiger partial charge in [0.15, 0.2) is 0 Å². The van der Waals surface area contributed by atoms with Crippen LogP contribution in [0, 0.1) is 46.3 Å². The first kappa shape index (κ1) is 43.7. The van der Waals surface area contributed by atoms with Crippen molar-refractivity contribution in [1.29, 1.82) is 0 Å². The molecule has 1 N–H and O–H groups in total. The highest BCUT2D eigenvalue weighted by Crippen LogP contribution is 2.67. The van der Waals surface area contributed by atoms with Crippen molar-refractivity contribution in [2.24, 2.45) is 46.3 Å². The predicted molar refractivity (Wildman–Crippen MR) is 217 cm³/mol. The molecule has 0 aromatic carbocycles. The van der Waals surface area contributed by atoms with Crippen molar-refractivity contribution in [1.82, 2.24) is 0 Å². The SMILES string of the molecule is CCCCCCCCCCCCCCCCOCC(COC(=O)O)OC1CC[C@@]2(C)C(=CCC3C2CC[C@@]2(C)C3CC[C@@H]2[C@H](C)CCCC(C)C)C1. The molecule has 0 aromatic heterocycles. The van der Waals surface area contributed by atoms with Gasteiger partial charge in [0.05, 0.1) is 12.7 Å². The van der Waals surface area contributed by atoms with Gasteiger partial charge < -0.3 is 19.3 Å². The number of ether oxygens (including phenoxy) is 3. The summed E-state index contributed by atoms with van der Waals surface area (Å²) in [6.45, 7) is 16.0. The average molecular weight is 729 g/mol. The van der Waals surface area contributed by atoms with Crippen LogP contribution < -0.4 is 0 Å². The Morgan fingerprint density at radius 2 is 1.44 bits per heavy atom. The van der Waals surface area contributed by atoms with Crippen molar-refractivity contribution in [3.8, 4) is 0 Å². The van der Waals surface area contributed by atoms with Crippen LogP contribution in [0.3, 0.4) is 0 Å². The topological polar surface area (TPSA) is 65.0 Å². The van der Waals surface area contributed by atoms with Crippen LogP contribution >= 0.6 is 0 Å². The van der Waals surface area contributed by atoms with Gasteiger partial charge in [-0.25, -0.2) is 4.79 Å². The molecular weight excluding hydrogens is 645 g/mol. The van der Waals surface area contributed by atoms with Gasteiger partial charge in [0, 0.05) is 6.61 Å². The summed E-state index contributed by atoms with van der Waals surface area (Å²) in [5, 5.41) is 9.24. The minimum Gasteiger partial charge on any atom is -0.450 e. The molecule has 3 saturated carbocycles. The second kappa shape index (κ2) is 22.5. The zero-order chi connectivity index (χ0) is 37.4. The van der Waals surface area contributed by atoms with Crippen LogP contribution in [0.4, 0.5) is 4.79 Å². The summed E-state index contributed by atoms with van der Waals surface area (Å²) >= 11 is 0. The van der Waals surface area contributed by atoms with E-state index in [1.165, 1.54) is 141 Å². The zero-order valence-electron chi connectivity index (χ0n) is 35.1. The molecule has 4 aliphatic carbocycles. The third kappa shape index (κ3) is 12.7. The third-order valence-electron chi connectivity index (χ3n) is 15.0. The number of unbranched alkanes of at least 4 members (excludes halogenated alkanes) is 13. The summed E-state index contributed by atoms with van der Waals surface area (Å²) in [4.78, 5) is 11.3. The molecule has 0 spiro atoms. The van der Waals surface area contributed by atoms with Crippen LogP contribution in [0.15, 0.2) is 11.6 Å². The van der Waals surface area contributed by atoms with Crippen molar-refractivity contribution < 1.29 is 24.1 Å². The summed E-state index contributed by atoms with van der Waals surface area (Å²) in [6.07, 6.45) is 34.3. The average Bonchev–Trinajstić information content (AvgIpc) is 3.47. The predicted octanol–water partition coefficient (Wildman–Crippen LogP) is 14.0. The first-order chi connectivity index (χ1) is 25.1. The van der Waals surface area contributed by atoms with Gasteiger partial charge in [-0.2, -0.15) is 0 Å². The van der Waals surface area contributed by atoms with E-state index in [1.807, 2.05) is 0 Å². The second-order valence-corrected chi connectivity index (χ2v) is 19.2. The number of allylic oxidation sites excluding steroid dienone is 1. The van der Waals surface area contributed by atoms with E-state index in [0.29, 0.717) is 18.6 Å². The van der Waals surface area contributed by atoms with Gasteiger partial charge in [0.1, 0.15) is 12.7 Å². The largest absolute Gasteiger partial charge is 0.505 e. The lowest BCUT2D eigenvalue weighted by Gasteiger charge is -2.58. The van der Waals surface area contributed by atoms with Crippen molar-refractivity contribution in [2.75, 3.05) is 19.8 Å². The van der Waals surface area contributed by atoms with Crippen molar-refractivity contribution >= 4 is 6.16 Å². The Bertz CT molecular complexity index is 1040. The smallest absolute Gasteiger partial charge is 0.450 e. The lowest BCUT2D eigenvalue weighted by Crippen LogP contribution is -2.51. The van der Waals surface area contributed by atoms with Crippen molar-refractivity contribution in [2.45, 2.75) is 214 Å². The van der Waals surface area contributed by atoms with E-state index in [4.69, 9.17) is 14.2 Å². The normalized spacial score (nSPS) is 31.1. The molecule has 0 radical (unpaired) electrons. The van der Waals surface area contributed by atoms with Gasteiger partial charge in [0.2, 0.25) is 0 Å². The molecule has 9 atom stereocenters. The molecular formula is C47H84O5. The lowest BCUT2D eigenvalue weighted by molar-refractivity contribution is -0.105. The molecule has 4 aliphatic rings. The molecule has 0 aromatic rings. The van der Waals surface area contributed by atoms with Crippen molar-refractivity contribution in [3.63, 3.8) is 0 Å². The minimum absolute atomic E-state index is 0.0446. The fourth-order valence-electron chi connectivity index (χ4n) is 11.9. The van der Waals surface area contributed by atoms with Gasteiger partial charge in [-0.1, -0.05) is 156 Å². The molecule has 52 heavy (non-hydrogen) atoms. The number of carbonyl (C=O) groups is 1. The van der Waals surface area contributed by atoms with E-state index >= 15 is 0 Å². The molecule has 3 fully saturated rings. The van der Waals surface area contributed by atoms with Crippen molar-refractivity contribution in [3.05, 3.63) is 11.6 Å². The third-order valence-corrected chi connectivity index (χ3v) is 15.0. The first-order valence-electron chi connectivity index (χ1n) is 22.9. The number of fused-ring (bicyclic) bond motifs is 5. The van der Waals surface area contributed by atoms with E-state index < -0.39 is 6.16 Å². The molecule has 302 valence electrons. The van der Waals surface area contributed by atoms with Gasteiger partial charge in [-0.3, -0.25) is 0 Å². The lowest BCUT2D eigenvalue weighted by atomic mass is 9.47. The Kier molecular flexibility index (Phi) is 18.9. The van der Waals surface area contributed by atoms with Crippen LogP contribution in [-0.2, 0) is 14.2 Å². The number of hydrogen-bond acceptors (Lipinski definition) is 4. The van der Waals surface area contributed by atoms with Crippen LogP contribution in [0.25, 0.3) is 0 Å². The molecule has 0 heterocycles. The number of rotatable bonds is 26. The summed E-state index contributed by atoms with van der Waals surface area (Å²) in [7, 11) is 0.